The number of aliphatic carboxylic acids is 1. The van der Waals surface area contributed by atoms with Crippen LogP contribution in [0.1, 0.15) is 27.2 Å². The lowest BCUT2D eigenvalue weighted by Crippen LogP contribution is -2.39. The number of nitrogens with zero attached hydrogens (tertiary/aromatic N) is 2. The smallest absolute Gasteiger partial charge is 0.310 e. The van der Waals surface area contributed by atoms with Crippen molar-refractivity contribution >= 4 is 11.9 Å². The number of carbonyl (C=O) groups excluding carboxylic acids is 1. The molecule has 1 heterocycles. The molecule has 0 bridgehead atoms. The van der Waals surface area contributed by atoms with Gasteiger partial charge in [0.05, 0.1) is 11.7 Å². The molecule has 0 aliphatic heterocycles. The summed E-state index contributed by atoms with van der Waals surface area (Å²) in [5.74, 6) is -1.28. The Balaban J connectivity index is 2.43. The van der Waals surface area contributed by atoms with Crippen LogP contribution in [0.25, 0.3) is 0 Å². The number of carboxylic acid groups (broad SMARTS) is 1. The van der Waals surface area contributed by atoms with E-state index in [0.29, 0.717) is 13.1 Å². The van der Waals surface area contributed by atoms with Crippen LogP contribution in [0.5, 0.6) is 0 Å². The van der Waals surface area contributed by atoms with E-state index < -0.39 is 11.4 Å². The van der Waals surface area contributed by atoms with Gasteiger partial charge in [-0.2, -0.15) is 0 Å². The fourth-order valence-corrected chi connectivity index (χ4v) is 1.67. The predicted octanol–water partition coefficient (Wildman–Crippen LogP) is 1.14. The van der Waals surface area contributed by atoms with E-state index in [1.54, 1.807) is 19.4 Å². The molecule has 0 aliphatic carbocycles. The van der Waals surface area contributed by atoms with Crippen LogP contribution in [0.2, 0.25) is 0 Å². The van der Waals surface area contributed by atoms with Crippen molar-refractivity contribution in [1.29, 1.82) is 0 Å². The first-order chi connectivity index (χ1) is 8.86. The average molecular weight is 267 g/mol. The van der Waals surface area contributed by atoms with Crippen LogP contribution in [0.15, 0.2) is 18.7 Å². The van der Waals surface area contributed by atoms with Gasteiger partial charge in [0.1, 0.15) is 0 Å². The van der Waals surface area contributed by atoms with Crippen LogP contribution in [-0.2, 0) is 16.1 Å². The zero-order valence-electron chi connectivity index (χ0n) is 11.6. The molecule has 6 nitrogen and oxygen atoms in total. The Labute approximate surface area is 112 Å². The van der Waals surface area contributed by atoms with Crippen molar-refractivity contribution in [3.05, 3.63) is 18.7 Å². The van der Waals surface area contributed by atoms with E-state index in [4.69, 9.17) is 0 Å². The van der Waals surface area contributed by atoms with Gasteiger partial charge in [-0.05, 0) is 12.8 Å². The molecule has 1 amide bonds. The maximum Gasteiger partial charge on any atom is 0.310 e. The molecule has 0 saturated heterocycles. The molecule has 1 aromatic rings. The van der Waals surface area contributed by atoms with Crippen molar-refractivity contribution in [1.82, 2.24) is 14.9 Å². The van der Waals surface area contributed by atoms with Crippen LogP contribution in [-0.4, -0.2) is 33.1 Å². The average Bonchev–Trinajstić information content (AvgIpc) is 2.81. The summed E-state index contributed by atoms with van der Waals surface area (Å²) < 4.78 is 1.85. The number of imidazole rings is 1. The topological polar surface area (TPSA) is 84.2 Å². The van der Waals surface area contributed by atoms with E-state index in [1.165, 1.54) is 0 Å². The van der Waals surface area contributed by atoms with E-state index in [2.05, 4.69) is 10.3 Å². The van der Waals surface area contributed by atoms with Crippen molar-refractivity contribution in [2.75, 3.05) is 6.54 Å². The molecule has 0 spiro atoms. The SMILES string of the molecule is CC(C)C(C)(CC(=O)NCCn1ccnc1)C(=O)O. The Morgan fingerprint density at radius 3 is 2.63 bits per heavy atom. The van der Waals surface area contributed by atoms with Gasteiger partial charge in [-0.15, -0.1) is 0 Å². The molecule has 6 heteroatoms. The lowest BCUT2D eigenvalue weighted by atomic mass is 9.76. The van der Waals surface area contributed by atoms with Crippen LogP contribution in [0, 0.1) is 11.3 Å². The Hall–Kier alpha value is -1.85. The minimum Gasteiger partial charge on any atom is -0.481 e. The zero-order valence-corrected chi connectivity index (χ0v) is 11.6. The first kappa shape index (κ1) is 15.2. The van der Waals surface area contributed by atoms with Gasteiger partial charge in [-0.25, -0.2) is 4.98 Å². The number of hydrogen-bond donors (Lipinski definition) is 2. The number of nitrogens with one attached hydrogen (secondary N) is 1. The zero-order chi connectivity index (χ0) is 14.5. The van der Waals surface area contributed by atoms with Crippen molar-refractivity contribution in [2.24, 2.45) is 11.3 Å². The quantitative estimate of drug-likeness (QED) is 0.775. The maximum absolute atomic E-state index is 11.8. The summed E-state index contributed by atoms with van der Waals surface area (Å²) in [4.78, 5) is 27.0. The van der Waals surface area contributed by atoms with Gasteiger partial charge in [0.15, 0.2) is 0 Å². The monoisotopic (exact) mass is 267 g/mol. The molecule has 0 saturated carbocycles. The van der Waals surface area contributed by atoms with E-state index in [0.717, 1.165) is 0 Å². The summed E-state index contributed by atoms with van der Waals surface area (Å²) >= 11 is 0. The molecule has 0 fully saturated rings. The fourth-order valence-electron chi connectivity index (χ4n) is 1.67. The highest BCUT2D eigenvalue weighted by Gasteiger charge is 2.38. The molecular weight excluding hydrogens is 246 g/mol. The van der Waals surface area contributed by atoms with Gasteiger partial charge < -0.3 is 15.0 Å². The Morgan fingerprint density at radius 2 is 2.16 bits per heavy atom. The number of carboxylic acids is 1. The number of rotatable bonds is 7. The van der Waals surface area contributed by atoms with Crippen LogP contribution < -0.4 is 5.32 Å². The third kappa shape index (κ3) is 4.08. The van der Waals surface area contributed by atoms with E-state index in [1.807, 2.05) is 24.6 Å². The second-order valence-corrected chi connectivity index (χ2v) is 5.20. The number of amides is 1. The highest BCUT2D eigenvalue weighted by molar-refractivity contribution is 5.84. The predicted molar refractivity (Wildman–Crippen MR) is 70.4 cm³/mol. The normalized spacial score (nSPS) is 14.1. The summed E-state index contributed by atoms with van der Waals surface area (Å²) in [7, 11) is 0. The van der Waals surface area contributed by atoms with Gasteiger partial charge in [-0.1, -0.05) is 13.8 Å². The molecule has 1 rings (SSSR count). The Kier molecular flexibility index (Phi) is 5.09. The molecular formula is C13H21N3O3. The minimum absolute atomic E-state index is 0.00999. The summed E-state index contributed by atoms with van der Waals surface area (Å²) in [5.41, 5.74) is -1.03. The van der Waals surface area contributed by atoms with Gasteiger partial charge in [-0.3, -0.25) is 9.59 Å². The van der Waals surface area contributed by atoms with E-state index >= 15 is 0 Å². The number of aromatic nitrogens is 2. The van der Waals surface area contributed by atoms with Crippen LogP contribution in [0.4, 0.5) is 0 Å². The maximum atomic E-state index is 11.8. The number of carbonyl (C=O) groups is 2. The molecule has 2 N–H and O–H groups in total. The third-order valence-corrected chi connectivity index (χ3v) is 3.54. The van der Waals surface area contributed by atoms with Gasteiger partial charge in [0, 0.05) is 31.9 Å². The second-order valence-electron chi connectivity index (χ2n) is 5.20. The molecule has 19 heavy (non-hydrogen) atoms. The molecule has 0 aliphatic rings. The van der Waals surface area contributed by atoms with E-state index in [-0.39, 0.29) is 18.2 Å². The molecule has 0 radical (unpaired) electrons. The molecule has 1 atom stereocenters. The lowest BCUT2D eigenvalue weighted by molar-refractivity contribution is -0.153. The van der Waals surface area contributed by atoms with Crippen LogP contribution in [0.3, 0.4) is 0 Å². The standard InChI is InChI=1S/C13H21N3O3/c1-10(2)13(3,12(18)19)8-11(17)15-5-7-16-6-4-14-9-16/h4,6,9-10H,5,7-8H2,1-3H3,(H,15,17)(H,18,19). The minimum atomic E-state index is -1.03. The summed E-state index contributed by atoms with van der Waals surface area (Å²) in [5, 5.41) is 12.0. The summed E-state index contributed by atoms with van der Waals surface area (Å²) in [6.45, 7) is 6.31. The highest BCUT2D eigenvalue weighted by atomic mass is 16.4. The van der Waals surface area contributed by atoms with Crippen molar-refractivity contribution < 1.29 is 14.7 Å². The Morgan fingerprint density at radius 1 is 1.47 bits per heavy atom. The molecule has 106 valence electrons. The van der Waals surface area contributed by atoms with E-state index in [9.17, 15) is 14.7 Å². The lowest BCUT2D eigenvalue weighted by Gasteiger charge is -2.28. The molecule has 0 aromatic carbocycles. The second kappa shape index (κ2) is 6.36. The summed E-state index contributed by atoms with van der Waals surface area (Å²) in [6, 6.07) is 0. The highest BCUT2D eigenvalue weighted by Crippen LogP contribution is 2.31. The van der Waals surface area contributed by atoms with Crippen molar-refractivity contribution in [2.45, 2.75) is 33.7 Å². The van der Waals surface area contributed by atoms with Gasteiger partial charge in [0.25, 0.3) is 0 Å². The first-order valence-corrected chi connectivity index (χ1v) is 6.32. The Bertz CT molecular complexity index is 428. The third-order valence-electron chi connectivity index (χ3n) is 3.54. The van der Waals surface area contributed by atoms with Gasteiger partial charge in [0.2, 0.25) is 5.91 Å². The first-order valence-electron chi connectivity index (χ1n) is 6.32. The molecule has 1 unspecified atom stereocenters. The van der Waals surface area contributed by atoms with Crippen molar-refractivity contribution in [3.63, 3.8) is 0 Å². The number of hydrogen-bond acceptors (Lipinski definition) is 3. The van der Waals surface area contributed by atoms with Crippen molar-refractivity contribution in [3.8, 4) is 0 Å². The molecule has 1 aromatic heterocycles. The largest absolute Gasteiger partial charge is 0.481 e. The van der Waals surface area contributed by atoms with Gasteiger partial charge >= 0.3 is 5.97 Å². The van der Waals surface area contributed by atoms with Crippen LogP contribution >= 0.6 is 0 Å². The summed E-state index contributed by atoms with van der Waals surface area (Å²) in [6.07, 6.45) is 5.13. The fraction of sp³-hybridized carbons (Fsp3) is 0.615.